The number of nitrogens with zero attached hydrogens (tertiary/aromatic N) is 2. The number of rotatable bonds is 10. The van der Waals surface area contributed by atoms with Gasteiger partial charge in [0.15, 0.2) is 0 Å². The number of unbranched alkanes of at least 4 members (excludes halogenated alkanes) is 1. The summed E-state index contributed by atoms with van der Waals surface area (Å²) in [5, 5.41) is 6.53. The Hall–Kier alpha value is -1.36. The first kappa shape index (κ1) is 15.7. The van der Waals surface area contributed by atoms with Crippen LogP contribution in [0.3, 0.4) is 0 Å². The van der Waals surface area contributed by atoms with Crippen molar-refractivity contribution in [3.05, 3.63) is 11.9 Å². The lowest BCUT2D eigenvalue weighted by molar-refractivity contribution is 0.141. The van der Waals surface area contributed by atoms with Crippen molar-refractivity contribution in [2.45, 2.75) is 40.0 Å². The van der Waals surface area contributed by atoms with Crippen molar-refractivity contribution < 1.29 is 4.74 Å². The van der Waals surface area contributed by atoms with E-state index in [1.165, 1.54) is 6.42 Å². The van der Waals surface area contributed by atoms with Gasteiger partial charge in [0.1, 0.15) is 17.5 Å². The number of aryl methyl sites for hydroxylation is 1. The first-order chi connectivity index (χ1) is 9.26. The molecule has 1 rings (SSSR count). The van der Waals surface area contributed by atoms with Crippen LogP contribution < -0.4 is 10.6 Å². The molecular weight excluding hydrogens is 240 g/mol. The molecule has 5 heteroatoms. The second-order valence-electron chi connectivity index (χ2n) is 4.51. The van der Waals surface area contributed by atoms with Gasteiger partial charge in [0.25, 0.3) is 0 Å². The van der Waals surface area contributed by atoms with Crippen LogP contribution in [0.25, 0.3) is 0 Å². The van der Waals surface area contributed by atoms with Crippen LogP contribution in [0.2, 0.25) is 0 Å². The minimum Gasteiger partial charge on any atom is -0.380 e. The van der Waals surface area contributed by atoms with Crippen LogP contribution in [0, 0.1) is 6.92 Å². The maximum absolute atomic E-state index is 5.50. The SMILES string of the molecule is CCCCOCCNc1cc(NCCC)nc(C)n1. The molecule has 2 N–H and O–H groups in total. The molecule has 0 aliphatic carbocycles. The zero-order valence-electron chi connectivity index (χ0n) is 12.3. The molecule has 0 spiro atoms. The van der Waals surface area contributed by atoms with Gasteiger partial charge in [0, 0.05) is 25.8 Å². The van der Waals surface area contributed by atoms with Crippen LogP contribution in [-0.4, -0.2) is 36.3 Å². The molecule has 108 valence electrons. The number of hydrogen-bond donors (Lipinski definition) is 2. The molecule has 19 heavy (non-hydrogen) atoms. The van der Waals surface area contributed by atoms with Crippen LogP contribution in [0.1, 0.15) is 38.9 Å². The molecule has 0 saturated heterocycles. The molecule has 1 heterocycles. The predicted molar refractivity (Wildman–Crippen MR) is 79.8 cm³/mol. The predicted octanol–water partition coefficient (Wildman–Crippen LogP) is 2.84. The van der Waals surface area contributed by atoms with Gasteiger partial charge in [-0.25, -0.2) is 9.97 Å². The van der Waals surface area contributed by atoms with Crippen molar-refractivity contribution in [2.75, 3.05) is 36.9 Å². The molecule has 5 nitrogen and oxygen atoms in total. The van der Waals surface area contributed by atoms with Crippen LogP contribution in [-0.2, 0) is 4.74 Å². The highest BCUT2D eigenvalue weighted by molar-refractivity contribution is 5.47. The molecule has 0 aliphatic heterocycles. The molecule has 0 radical (unpaired) electrons. The molecule has 0 unspecified atom stereocenters. The number of nitrogens with one attached hydrogen (secondary N) is 2. The van der Waals surface area contributed by atoms with Crippen molar-refractivity contribution in [2.24, 2.45) is 0 Å². The van der Waals surface area contributed by atoms with E-state index in [9.17, 15) is 0 Å². The summed E-state index contributed by atoms with van der Waals surface area (Å²) in [4.78, 5) is 8.70. The topological polar surface area (TPSA) is 59.1 Å². The molecule has 1 aromatic heterocycles. The number of aromatic nitrogens is 2. The Labute approximate surface area is 116 Å². The number of ether oxygens (including phenoxy) is 1. The Morgan fingerprint density at radius 2 is 1.68 bits per heavy atom. The first-order valence-corrected chi connectivity index (χ1v) is 7.17. The van der Waals surface area contributed by atoms with Crippen LogP contribution in [0.5, 0.6) is 0 Å². The van der Waals surface area contributed by atoms with Crippen molar-refractivity contribution in [3.63, 3.8) is 0 Å². The molecule has 0 aromatic carbocycles. The van der Waals surface area contributed by atoms with E-state index in [1.54, 1.807) is 0 Å². The molecule has 0 aliphatic rings. The minimum absolute atomic E-state index is 0.709. The van der Waals surface area contributed by atoms with Gasteiger partial charge in [-0.05, 0) is 19.8 Å². The van der Waals surface area contributed by atoms with Gasteiger partial charge in [-0.3, -0.25) is 0 Å². The van der Waals surface area contributed by atoms with Crippen LogP contribution in [0.15, 0.2) is 6.07 Å². The molecule has 0 saturated carbocycles. The quantitative estimate of drug-likeness (QED) is 0.638. The number of anilines is 2. The second-order valence-corrected chi connectivity index (χ2v) is 4.51. The van der Waals surface area contributed by atoms with Gasteiger partial charge in [-0.2, -0.15) is 0 Å². The molecule has 1 aromatic rings. The highest BCUT2D eigenvalue weighted by Gasteiger charge is 2.00. The average molecular weight is 266 g/mol. The van der Waals surface area contributed by atoms with Crippen molar-refractivity contribution in [3.8, 4) is 0 Å². The second kappa shape index (κ2) is 9.55. The smallest absolute Gasteiger partial charge is 0.131 e. The summed E-state index contributed by atoms with van der Waals surface area (Å²) in [6.45, 7) is 9.44. The molecule has 0 amide bonds. The van der Waals surface area contributed by atoms with Crippen LogP contribution in [0.4, 0.5) is 11.6 Å². The highest BCUT2D eigenvalue weighted by atomic mass is 16.5. The third kappa shape index (κ3) is 6.96. The fraction of sp³-hybridized carbons (Fsp3) is 0.714. The Bertz CT molecular complexity index is 357. The summed E-state index contributed by atoms with van der Waals surface area (Å²) in [5.74, 6) is 2.50. The Kier molecular flexibility index (Phi) is 7.89. The summed E-state index contributed by atoms with van der Waals surface area (Å²) in [6, 6.07) is 1.94. The first-order valence-electron chi connectivity index (χ1n) is 7.17. The Morgan fingerprint density at radius 1 is 1.00 bits per heavy atom. The Morgan fingerprint density at radius 3 is 2.32 bits per heavy atom. The monoisotopic (exact) mass is 266 g/mol. The van der Waals surface area contributed by atoms with E-state index in [1.807, 2.05) is 13.0 Å². The fourth-order valence-corrected chi connectivity index (χ4v) is 1.60. The lowest BCUT2D eigenvalue weighted by atomic mass is 10.4. The van der Waals surface area contributed by atoms with E-state index >= 15 is 0 Å². The van der Waals surface area contributed by atoms with Crippen LogP contribution >= 0.6 is 0 Å². The van der Waals surface area contributed by atoms with Crippen molar-refractivity contribution in [1.29, 1.82) is 0 Å². The summed E-state index contributed by atoms with van der Waals surface area (Å²) < 4.78 is 5.50. The third-order valence-corrected chi connectivity index (χ3v) is 2.59. The van der Waals surface area contributed by atoms with E-state index in [4.69, 9.17) is 4.74 Å². The largest absolute Gasteiger partial charge is 0.380 e. The van der Waals surface area contributed by atoms with Gasteiger partial charge >= 0.3 is 0 Å². The standard InChI is InChI=1S/C14H26N4O/c1-4-6-9-19-10-8-16-14-11-13(15-7-5-2)17-12(3)18-14/h11H,4-10H2,1-3H3,(H2,15,16,17,18). The fourth-order valence-electron chi connectivity index (χ4n) is 1.60. The van der Waals surface area contributed by atoms with Gasteiger partial charge in [-0.1, -0.05) is 20.3 Å². The Balaban J connectivity index is 2.34. The average Bonchev–Trinajstić information content (AvgIpc) is 2.40. The summed E-state index contributed by atoms with van der Waals surface area (Å²) in [6.07, 6.45) is 3.37. The van der Waals surface area contributed by atoms with Gasteiger partial charge in [0.05, 0.1) is 6.61 Å². The van der Waals surface area contributed by atoms with Gasteiger partial charge < -0.3 is 15.4 Å². The molecular formula is C14H26N4O. The zero-order chi connectivity index (χ0) is 13.9. The molecule has 0 bridgehead atoms. The van der Waals surface area contributed by atoms with E-state index in [0.29, 0.717) is 6.61 Å². The molecule has 0 fully saturated rings. The van der Waals surface area contributed by atoms with E-state index < -0.39 is 0 Å². The summed E-state index contributed by atoms with van der Waals surface area (Å²) in [5.41, 5.74) is 0. The minimum atomic E-state index is 0.709. The van der Waals surface area contributed by atoms with Crippen molar-refractivity contribution in [1.82, 2.24) is 9.97 Å². The third-order valence-electron chi connectivity index (χ3n) is 2.59. The maximum atomic E-state index is 5.50. The normalized spacial score (nSPS) is 10.5. The zero-order valence-corrected chi connectivity index (χ0v) is 12.3. The highest BCUT2D eigenvalue weighted by Crippen LogP contribution is 2.10. The van der Waals surface area contributed by atoms with E-state index in [2.05, 4.69) is 34.4 Å². The van der Waals surface area contributed by atoms with Crippen molar-refractivity contribution >= 4 is 11.6 Å². The van der Waals surface area contributed by atoms with E-state index in [-0.39, 0.29) is 0 Å². The molecule has 0 atom stereocenters. The number of hydrogen-bond acceptors (Lipinski definition) is 5. The van der Waals surface area contributed by atoms with Gasteiger partial charge in [-0.15, -0.1) is 0 Å². The summed E-state index contributed by atoms with van der Waals surface area (Å²) >= 11 is 0. The lowest BCUT2D eigenvalue weighted by Crippen LogP contribution is -2.12. The van der Waals surface area contributed by atoms with Gasteiger partial charge in [0.2, 0.25) is 0 Å². The maximum Gasteiger partial charge on any atom is 0.131 e. The summed E-state index contributed by atoms with van der Waals surface area (Å²) in [7, 11) is 0. The lowest BCUT2D eigenvalue weighted by Gasteiger charge is -2.10. The van der Waals surface area contributed by atoms with E-state index in [0.717, 1.165) is 50.0 Å².